The number of unbranched alkanes of at least 4 members (excludes halogenated alkanes) is 1. The number of aromatic amines is 2. The van der Waals surface area contributed by atoms with Crippen LogP contribution in [-0.2, 0) is 16.1 Å². The van der Waals surface area contributed by atoms with Gasteiger partial charge in [0.1, 0.15) is 6.04 Å². The third kappa shape index (κ3) is 7.79. The van der Waals surface area contributed by atoms with Gasteiger partial charge >= 0.3 is 5.97 Å². The van der Waals surface area contributed by atoms with E-state index in [1.54, 1.807) is 0 Å². The number of ether oxygens (including phenoxy) is 1. The Morgan fingerprint density at radius 1 is 0.808 bits per heavy atom. The minimum absolute atomic E-state index is 0.471. The van der Waals surface area contributed by atoms with Gasteiger partial charge in [0.15, 0.2) is 5.72 Å². The van der Waals surface area contributed by atoms with Crippen LogP contribution in [0.3, 0.4) is 0 Å². The van der Waals surface area contributed by atoms with Crippen LogP contribution in [-0.4, -0.2) is 58.8 Å². The number of nitrogens with one attached hydrogen (secondary N) is 3. The van der Waals surface area contributed by atoms with Crippen LogP contribution in [0.25, 0.3) is 45.0 Å². The van der Waals surface area contributed by atoms with Gasteiger partial charge in [-0.2, -0.15) is 10.4 Å². The molecule has 7 rings (SSSR count). The molecule has 0 radical (unpaired) electrons. The summed E-state index contributed by atoms with van der Waals surface area (Å²) in [5.41, 5.74) is 13.1. The molecule has 13 heteroatoms. The van der Waals surface area contributed by atoms with Gasteiger partial charge in [0, 0.05) is 30.4 Å². The molecule has 1 aliphatic carbocycles. The molecule has 1 unspecified atom stereocenters. The Kier molecular flexibility index (Phi) is 10.5. The van der Waals surface area contributed by atoms with Crippen molar-refractivity contribution >= 4 is 11.8 Å². The van der Waals surface area contributed by atoms with E-state index < -0.39 is 17.7 Å². The van der Waals surface area contributed by atoms with Crippen molar-refractivity contribution in [1.29, 1.82) is 0 Å². The zero-order valence-corrected chi connectivity index (χ0v) is 29.0. The predicted molar refractivity (Wildman–Crippen MR) is 198 cm³/mol. The number of esters is 1. The van der Waals surface area contributed by atoms with E-state index in [0.717, 1.165) is 76.9 Å². The summed E-state index contributed by atoms with van der Waals surface area (Å²) >= 11 is 0. The Morgan fingerprint density at radius 2 is 1.35 bits per heavy atom. The van der Waals surface area contributed by atoms with Crippen LogP contribution in [0.5, 0.6) is 0 Å². The van der Waals surface area contributed by atoms with Crippen LogP contribution in [0, 0.1) is 0 Å². The van der Waals surface area contributed by atoms with Gasteiger partial charge in [-0.15, -0.1) is 20.4 Å². The van der Waals surface area contributed by atoms with Crippen molar-refractivity contribution in [1.82, 2.24) is 46.6 Å². The van der Waals surface area contributed by atoms with Gasteiger partial charge in [-0.1, -0.05) is 110 Å². The highest BCUT2D eigenvalue weighted by Gasteiger charge is 2.40. The number of carbonyl (C=O) groups excluding carboxylic acids is 1. The van der Waals surface area contributed by atoms with E-state index in [4.69, 9.17) is 15.5 Å². The molecule has 0 saturated heterocycles. The fraction of sp³-hybridized carbons (Fsp3) is 0.282. The molecule has 0 amide bonds. The van der Waals surface area contributed by atoms with E-state index in [1.807, 2.05) is 72.8 Å². The molecule has 1 saturated carbocycles. The lowest BCUT2D eigenvalue weighted by Gasteiger charge is -2.33. The number of nitrogens with zero attached hydrogens (tertiary/aromatic N) is 7. The first-order chi connectivity index (χ1) is 25.5. The second-order valence-corrected chi connectivity index (χ2v) is 13.0. The summed E-state index contributed by atoms with van der Waals surface area (Å²) in [6, 6.07) is 30.8. The molecule has 0 spiro atoms. The number of nitrogens with two attached hydrogens (primary N) is 1. The molecule has 1 atom stereocenters. The molecule has 5 N–H and O–H groups in total. The summed E-state index contributed by atoms with van der Waals surface area (Å²) in [5, 5.41) is 32.6. The van der Waals surface area contributed by atoms with Crippen LogP contribution in [0.4, 0.5) is 0 Å². The van der Waals surface area contributed by atoms with Gasteiger partial charge in [-0.3, -0.25) is 4.99 Å². The van der Waals surface area contributed by atoms with E-state index in [0.29, 0.717) is 36.6 Å². The van der Waals surface area contributed by atoms with Crippen molar-refractivity contribution < 1.29 is 9.53 Å². The molecular formula is C39H41N11O2. The van der Waals surface area contributed by atoms with Crippen molar-refractivity contribution in [2.24, 2.45) is 10.7 Å². The van der Waals surface area contributed by atoms with E-state index >= 15 is 0 Å². The van der Waals surface area contributed by atoms with Crippen molar-refractivity contribution in [2.45, 2.75) is 70.2 Å². The summed E-state index contributed by atoms with van der Waals surface area (Å²) in [5.74, 6) is 1.42. The molecule has 6 aromatic rings. The highest BCUT2D eigenvalue weighted by atomic mass is 16.6. The van der Waals surface area contributed by atoms with Crippen molar-refractivity contribution in [3.8, 4) is 45.0 Å². The van der Waals surface area contributed by atoms with Gasteiger partial charge < -0.3 is 15.8 Å². The third-order valence-electron chi connectivity index (χ3n) is 9.43. The van der Waals surface area contributed by atoms with Crippen LogP contribution in [0.1, 0.15) is 69.0 Å². The minimum atomic E-state index is -0.944. The number of aliphatic imine (C=N–C) groups is 1. The number of benzene rings is 4. The zero-order valence-electron chi connectivity index (χ0n) is 29.0. The summed E-state index contributed by atoms with van der Waals surface area (Å²) in [4.78, 5) is 18.6. The largest absolute Gasteiger partial charge is 0.438 e. The first-order valence-electron chi connectivity index (χ1n) is 17.7. The van der Waals surface area contributed by atoms with Crippen LogP contribution >= 0.6 is 0 Å². The average molecular weight is 696 g/mol. The van der Waals surface area contributed by atoms with Crippen molar-refractivity contribution in [2.75, 3.05) is 0 Å². The molecule has 1 aliphatic rings. The second-order valence-electron chi connectivity index (χ2n) is 13.0. The molecule has 2 heterocycles. The maximum Gasteiger partial charge on any atom is 0.329 e. The summed E-state index contributed by atoms with van der Waals surface area (Å²) in [6.45, 7) is 2.65. The van der Waals surface area contributed by atoms with Crippen LogP contribution in [0.15, 0.2) is 102 Å². The number of aromatic nitrogens is 8. The quantitative estimate of drug-likeness (QED) is 0.0446. The molecule has 0 bridgehead atoms. The van der Waals surface area contributed by atoms with Crippen LogP contribution in [0.2, 0.25) is 0 Å². The van der Waals surface area contributed by atoms with Gasteiger partial charge in [0.2, 0.25) is 11.6 Å². The van der Waals surface area contributed by atoms with Crippen LogP contribution < -0.4 is 11.1 Å². The maximum absolute atomic E-state index is 13.6. The van der Waals surface area contributed by atoms with Gasteiger partial charge in [0.05, 0.1) is 12.4 Å². The summed E-state index contributed by atoms with van der Waals surface area (Å²) in [6.07, 6.45) is 6.00. The SMILES string of the molecule is CCCCC(=NCc1ccc(-c2ccccc2-c2nn[nH]n2)cc1)NC1(OC(=O)C(N)c2ccc(-c3ccccc3-c3nn[nH]n3)cc2)CCCC1. The number of H-pyrrole nitrogens is 2. The van der Waals surface area contributed by atoms with Crippen molar-refractivity contribution in [3.63, 3.8) is 0 Å². The number of carbonyl (C=O) groups is 1. The number of hydrogen-bond acceptors (Lipinski definition) is 10. The molecule has 52 heavy (non-hydrogen) atoms. The fourth-order valence-electron chi connectivity index (χ4n) is 6.64. The van der Waals surface area contributed by atoms with E-state index in [2.05, 4.69) is 77.8 Å². The van der Waals surface area contributed by atoms with E-state index in [9.17, 15) is 4.79 Å². The fourth-order valence-corrected chi connectivity index (χ4v) is 6.64. The van der Waals surface area contributed by atoms with Gasteiger partial charge in [-0.05, 0) is 63.1 Å². The number of tetrazole rings is 2. The van der Waals surface area contributed by atoms with E-state index in [-0.39, 0.29) is 0 Å². The molecule has 4 aromatic carbocycles. The Labute approximate surface area is 301 Å². The first-order valence-corrected chi connectivity index (χ1v) is 17.7. The Bertz CT molecular complexity index is 2090. The smallest absolute Gasteiger partial charge is 0.329 e. The molecule has 13 nitrogen and oxygen atoms in total. The molecule has 264 valence electrons. The lowest BCUT2D eigenvalue weighted by molar-refractivity contribution is -0.163. The summed E-state index contributed by atoms with van der Waals surface area (Å²) < 4.78 is 6.27. The zero-order chi connectivity index (χ0) is 35.8. The van der Waals surface area contributed by atoms with E-state index in [1.165, 1.54) is 0 Å². The lowest BCUT2D eigenvalue weighted by atomic mass is 9.97. The molecular weight excluding hydrogens is 655 g/mol. The standard InChI is InChI=1S/C39H41N11O2/c1-2-3-14-34(41-25-26-15-17-27(18-16-26)30-10-4-6-12-32(30)36-43-47-48-44-36)42-39(23-8-9-24-39)52-38(51)35(40)29-21-19-28(20-22-29)31-11-5-7-13-33(31)37-45-49-50-46-37/h4-7,10-13,15-22,35H,2-3,8-9,14,23-25,40H2,1H3,(H,41,42)(H,43,44,47,48)(H,45,46,49,50). The molecule has 0 aliphatic heterocycles. The number of amidine groups is 1. The molecule has 1 fully saturated rings. The second kappa shape index (κ2) is 15.9. The molecule has 2 aromatic heterocycles. The Balaban J connectivity index is 1.04. The first kappa shape index (κ1) is 34.4. The highest BCUT2D eigenvalue weighted by molar-refractivity contribution is 5.85. The minimum Gasteiger partial charge on any atom is -0.438 e. The maximum atomic E-state index is 13.6. The van der Waals surface area contributed by atoms with Gasteiger partial charge in [-0.25, -0.2) is 4.79 Å². The Morgan fingerprint density at radius 3 is 1.87 bits per heavy atom. The highest BCUT2D eigenvalue weighted by Crippen LogP contribution is 2.34. The third-order valence-corrected chi connectivity index (χ3v) is 9.43. The van der Waals surface area contributed by atoms with Gasteiger partial charge in [0.25, 0.3) is 0 Å². The normalized spacial score (nSPS) is 14.6. The van der Waals surface area contributed by atoms with Crippen molar-refractivity contribution in [3.05, 3.63) is 108 Å². The number of rotatable bonds is 13. The average Bonchev–Trinajstić information content (AvgIpc) is 4.01. The predicted octanol–water partition coefficient (Wildman–Crippen LogP) is 6.57. The summed E-state index contributed by atoms with van der Waals surface area (Å²) in [7, 11) is 0. The topological polar surface area (TPSA) is 186 Å². The number of hydrogen-bond donors (Lipinski definition) is 4. The Hall–Kier alpha value is -6.08. The lowest BCUT2D eigenvalue weighted by Crippen LogP contribution is -2.51. The monoisotopic (exact) mass is 695 g/mol.